The Morgan fingerprint density at radius 3 is 2.36 bits per heavy atom. The van der Waals surface area contributed by atoms with Crippen LogP contribution in [0.15, 0.2) is 77.8 Å². The lowest BCUT2D eigenvalue weighted by atomic mass is 9.94. The summed E-state index contributed by atoms with van der Waals surface area (Å²) in [5.41, 5.74) is 2.83. The molecule has 2 fully saturated rings. The number of carbonyl (C=O) groups is 2. The first-order valence-corrected chi connectivity index (χ1v) is 16.3. The molecule has 47 heavy (non-hydrogen) atoms. The topological polar surface area (TPSA) is 118 Å². The van der Waals surface area contributed by atoms with E-state index in [0.29, 0.717) is 35.7 Å². The van der Waals surface area contributed by atoms with E-state index in [1.165, 1.54) is 24.6 Å². The highest BCUT2D eigenvalue weighted by Gasteiger charge is 2.28. The van der Waals surface area contributed by atoms with Crippen LogP contribution in [0, 0.1) is 12.7 Å². The van der Waals surface area contributed by atoms with Crippen molar-refractivity contribution >= 4 is 29.5 Å². The zero-order valence-corrected chi connectivity index (χ0v) is 26.9. The molecule has 2 saturated carbocycles. The molecule has 0 heterocycles. The largest absolute Gasteiger partial charge is 0.478 e. The van der Waals surface area contributed by atoms with E-state index >= 15 is 0 Å². The number of aryl methyl sites for hydroxylation is 1. The molecule has 250 valence electrons. The van der Waals surface area contributed by atoms with Gasteiger partial charge in [0.15, 0.2) is 0 Å². The molecule has 3 aromatic rings. The van der Waals surface area contributed by atoms with Gasteiger partial charge in [-0.05, 0) is 86.9 Å². The summed E-state index contributed by atoms with van der Waals surface area (Å²) >= 11 is 0. The van der Waals surface area contributed by atoms with E-state index in [2.05, 4.69) is 10.3 Å². The van der Waals surface area contributed by atoms with Gasteiger partial charge >= 0.3 is 12.0 Å². The molecule has 2 N–H and O–H groups in total. The summed E-state index contributed by atoms with van der Waals surface area (Å²) in [6, 6.07) is 20.3. The lowest BCUT2D eigenvalue weighted by molar-refractivity contribution is -0.0535. The van der Waals surface area contributed by atoms with Gasteiger partial charge in [-0.1, -0.05) is 61.7 Å². The highest BCUT2D eigenvalue weighted by Crippen LogP contribution is 2.27. The molecule has 0 saturated heterocycles. The molecule has 0 aromatic heterocycles. The number of halogens is 1. The quantitative estimate of drug-likeness (QED) is 0.160. The second-order valence-corrected chi connectivity index (χ2v) is 12.0. The Bertz CT molecular complexity index is 1490. The molecule has 0 aliphatic heterocycles. The van der Waals surface area contributed by atoms with E-state index in [0.717, 1.165) is 56.9 Å². The van der Waals surface area contributed by atoms with E-state index in [1.807, 2.05) is 35.2 Å². The standard InChI is InChI=1S/C30H39FN2O5.C7H5NO/c1-21-8-5-9-22(28(21)29(34)35)20-38-27-15-7-14-26(19-27)37-17-16-33(25-12-3-2-4-13-25)30(36)32-24-11-6-10-23(31)18-24;9-6-8-7-4-2-1-3-5-7/h5-6,8-11,18,25-27H,2-4,7,12-17,19-20H2,1H3,(H,32,36)(H,34,35);1-5H. The van der Waals surface area contributed by atoms with E-state index in [1.54, 1.807) is 37.3 Å². The first-order chi connectivity index (χ1) is 22.8. The minimum absolute atomic E-state index is 0.00151. The smallest absolute Gasteiger partial charge is 0.336 e. The maximum absolute atomic E-state index is 13.6. The molecule has 2 atom stereocenters. The average molecular weight is 646 g/mol. The molecule has 0 bridgehead atoms. The number of carboxylic acid groups (broad SMARTS) is 1. The van der Waals surface area contributed by atoms with Crippen LogP contribution in [0.4, 0.5) is 20.6 Å². The number of carboxylic acids is 1. The van der Waals surface area contributed by atoms with Gasteiger partial charge in [0.25, 0.3) is 0 Å². The first kappa shape index (κ1) is 35.5. The third kappa shape index (κ3) is 11.4. The van der Waals surface area contributed by atoms with Crippen LogP contribution in [0.2, 0.25) is 0 Å². The fraction of sp³-hybridized carbons (Fsp3) is 0.432. The van der Waals surface area contributed by atoms with Crippen molar-refractivity contribution in [2.45, 2.75) is 89.6 Å². The minimum atomic E-state index is -0.935. The van der Waals surface area contributed by atoms with Crippen molar-refractivity contribution in [2.75, 3.05) is 18.5 Å². The van der Waals surface area contributed by atoms with E-state index in [4.69, 9.17) is 9.47 Å². The highest BCUT2D eigenvalue weighted by atomic mass is 19.1. The molecular weight excluding hydrogens is 601 g/mol. The number of aromatic carboxylic acids is 1. The summed E-state index contributed by atoms with van der Waals surface area (Å²) in [7, 11) is 0. The summed E-state index contributed by atoms with van der Waals surface area (Å²) < 4.78 is 26.0. The number of urea groups is 1. The Morgan fingerprint density at radius 2 is 1.66 bits per heavy atom. The number of para-hydroxylation sites is 1. The number of aliphatic imine (C=N–C) groups is 1. The SMILES string of the molecule is Cc1cccc(COC2CCCC(OCCN(C(=O)Nc3cccc(F)c3)C3CCCCC3)C2)c1C(=O)O.O=C=Nc1ccccc1. The maximum Gasteiger partial charge on any atom is 0.336 e. The van der Waals surface area contributed by atoms with Crippen LogP contribution in [0.3, 0.4) is 0 Å². The lowest BCUT2D eigenvalue weighted by Gasteiger charge is -2.35. The third-order valence-corrected chi connectivity index (χ3v) is 8.59. The van der Waals surface area contributed by atoms with E-state index < -0.39 is 5.97 Å². The Morgan fingerprint density at radius 1 is 0.936 bits per heavy atom. The number of isocyanates is 1. The highest BCUT2D eigenvalue weighted by molar-refractivity contribution is 5.91. The Labute approximate surface area is 275 Å². The van der Waals surface area contributed by atoms with Crippen molar-refractivity contribution < 1.29 is 33.4 Å². The van der Waals surface area contributed by atoms with Crippen molar-refractivity contribution in [3.05, 3.63) is 95.3 Å². The van der Waals surface area contributed by atoms with Gasteiger partial charge in [-0.25, -0.2) is 18.8 Å². The summed E-state index contributed by atoms with van der Waals surface area (Å²) in [5, 5.41) is 12.4. The second-order valence-electron chi connectivity index (χ2n) is 12.0. The number of rotatable bonds is 11. The molecule has 10 heteroatoms. The zero-order chi connectivity index (χ0) is 33.4. The summed E-state index contributed by atoms with van der Waals surface area (Å²) in [6.07, 6.45) is 10.4. The fourth-order valence-electron chi connectivity index (χ4n) is 6.24. The number of anilines is 1. The van der Waals surface area contributed by atoms with Gasteiger partial charge in [0.1, 0.15) is 5.82 Å². The Hall–Kier alpha value is -4.37. The van der Waals surface area contributed by atoms with Crippen molar-refractivity contribution in [2.24, 2.45) is 4.99 Å². The normalized spacial score (nSPS) is 17.8. The molecule has 9 nitrogen and oxygen atoms in total. The van der Waals surface area contributed by atoms with Crippen LogP contribution >= 0.6 is 0 Å². The van der Waals surface area contributed by atoms with Crippen LogP contribution < -0.4 is 5.32 Å². The van der Waals surface area contributed by atoms with Crippen LogP contribution in [0.5, 0.6) is 0 Å². The Kier molecular flexibility index (Phi) is 14.1. The predicted molar refractivity (Wildman–Crippen MR) is 178 cm³/mol. The van der Waals surface area contributed by atoms with E-state index in [-0.39, 0.29) is 36.7 Å². The maximum atomic E-state index is 13.6. The zero-order valence-electron chi connectivity index (χ0n) is 26.9. The number of carbonyl (C=O) groups excluding carboxylic acids is 2. The van der Waals surface area contributed by atoms with Crippen molar-refractivity contribution in [1.82, 2.24) is 4.90 Å². The van der Waals surface area contributed by atoms with Crippen molar-refractivity contribution in [3.63, 3.8) is 0 Å². The number of hydrogen-bond donors (Lipinski definition) is 2. The van der Waals surface area contributed by atoms with Crippen LogP contribution in [-0.2, 0) is 20.9 Å². The monoisotopic (exact) mass is 645 g/mol. The lowest BCUT2D eigenvalue weighted by Crippen LogP contribution is -2.46. The molecular formula is C37H44FN3O6. The summed E-state index contributed by atoms with van der Waals surface area (Å²) in [5.74, 6) is -1.32. The third-order valence-electron chi connectivity index (χ3n) is 8.59. The molecule has 2 amide bonds. The second kappa shape index (κ2) is 18.7. The van der Waals surface area contributed by atoms with Crippen LogP contribution in [-0.4, -0.2) is 59.5 Å². The van der Waals surface area contributed by atoms with Gasteiger partial charge in [-0.3, -0.25) is 0 Å². The van der Waals surface area contributed by atoms with Gasteiger partial charge in [0.2, 0.25) is 6.08 Å². The molecule has 0 radical (unpaired) electrons. The first-order valence-electron chi connectivity index (χ1n) is 16.3. The van der Waals surface area contributed by atoms with Crippen LogP contribution in [0.1, 0.15) is 79.3 Å². The number of hydrogen-bond acceptors (Lipinski definition) is 6. The summed E-state index contributed by atoms with van der Waals surface area (Å²) in [4.78, 5) is 39.8. The van der Waals surface area contributed by atoms with Crippen molar-refractivity contribution in [1.29, 1.82) is 0 Å². The molecule has 3 aromatic carbocycles. The average Bonchev–Trinajstić information content (AvgIpc) is 3.07. The molecule has 0 spiro atoms. The number of benzene rings is 3. The van der Waals surface area contributed by atoms with Gasteiger partial charge in [0, 0.05) is 18.3 Å². The van der Waals surface area contributed by atoms with Crippen molar-refractivity contribution in [3.8, 4) is 0 Å². The molecule has 2 aliphatic carbocycles. The summed E-state index contributed by atoms with van der Waals surface area (Å²) in [6.45, 7) is 2.95. The molecule has 2 unspecified atom stereocenters. The van der Waals surface area contributed by atoms with Gasteiger partial charge < -0.3 is 24.8 Å². The van der Waals surface area contributed by atoms with Crippen LogP contribution in [0.25, 0.3) is 0 Å². The fourth-order valence-corrected chi connectivity index (χ4v) is 6.24. The number of ether oxygens (including phenoxy) is 2. The van der Waals surface area contributed by atoms with Gasteiger partial charge in [-0.2, -0.15) is 4.99 Å². The van der Waals surface area contributed by atoms with E-state index in [9.17, 15) is 23.9 Å². The Balaban J connectivity index is 0.000000479. The minimum Gasteiger partial charge on any atom is -0.478 e. The number of amides is 2. The number of nitrogens with zero attached hydrogens (tertiary/aromatic N) is 2. The molecule has 5 rings (SSSR count). The number of nitrogens with one attached hydrogen (secondary N) is 1. The van der Waals surface area contributed by atoms with Gasteiger partial charge in [-0.15, -0.1) is 0 Å². The van der Waals surface area contributed by atoms with Gasteiger partial charge in [0.05, 0.1) is 36.7 Å². The predicted octanol–water partition coefficient (Wildman–Crippen LogP) is 8.20. The molecule has 2 aliphatic rings.